The van der Waals surface area contributed by atoms with Crippen molar-refractivity contribution < 1.29 is 19.4 Å². The highest BCUT2D eigenvalue weighted by Gasteiger charge is 2.48. The molecule has 2 heterocycles. The zero-order chi connectivity index (χ0) is 24.8. The molecule has 0 saturated heterocycles. The van der Waals surface area contributed by atoms with E-state index >= 15 is 0 Å². The highest BCUT2D eigenvalue weighted by molar-refractivity contribution is 7.00. The van der Waals surface area contributed by atoms with Gasteiger partial charge in [0.15, 0.2) is 0 Å². The number of aliphatic hydroxyl groups is 1. The molecule has 0 saturated carbocycles. The molecule has 0 radical (unpaired) electrons. The first-order valence-corrected chi connectivity index (χ1v) is 12.1. The number of aromatic nitrogens is 2. The van der Waals surface area contributed by atoms with Crippen molar-refractivity contribution >= 4 is 34.3 Å². The Hall–Kier alpha value is -3.55. The average molecular weight is 487 g/mol. The van der Waals surface area contributed by atoms with Gasteiger partial charge in [-0.3, -0.25) is 0 Å². The summed E-state index contributed by atoms with van der Waals surface area (Å²) in [6.07, 6.45) is 0.335. The summed E-state index contributed by atoms with van der Waals surface area (Å²) in [5.41, 5.74) is 5.58. The maximum absolute atomic E-state index is 13.2. The molecule has 1 atom stereocenters. The number of ether oxygens (including phenoxy) is 2. The molecule has 0 aliphatic carbocycles. The molecule has 1 aromatic heterocycles. The van der Waals surface area contributed by atoms with E-state index in [1.165, 1.54) is 5.56 Å². The summed E-state index contributed by atoms with van der Waals surface area (Å²) in [6, 6.07) is 20.6. The van der Waals surface area contributed by atoms with Crippen LogP contribution in [0, 0.1) is 0 Å². The van der Waals surface area contributed by atoms with E-state index in [1.54, 1.807) is 31.4 Å². The molecule has 5 rings (SSSR count). The van der Waals surface area contributed by atoms with Gasteiger partial charge in [0.25, 0.3) is 5.79 Å². The standard InChI is InChI=1S/C28H26N2O4S/c1-27(2,3)19-8-5-17(6-9-19)15-22-25(18-7-14-23-24(16-18)30-35-29-23)26(31)34-28(22,32)20-10-12-21(33-4)13-11-20/h5-14,16,32H,15H2,1-4H3. The summed E-state index contributed by atoms with van der Waals surface area (Å²) in [5, 5.41) is 11.8. The number of nitrogens with zero attached hydrogens (tertiary/aromatic N) is 2. The van der Waals surface area contributed by atoms with Gasteiger partial charge in [-0.1, -0.05) is 51.1 Å². The summed E-state index contributed by atoms with van der Waals surface area (Å²) in [5.74, 6) is -1.84. The number of fused-ring (bicyclic) bond motifs is 1. The van der Waals surface area contributed by atoms with Gasteiger partial charge in [0.05, 0.1) is 24.4 Å². The Kier molecular flexibility index (Phi) is 5.69. The van der Waals surface area contributed by atoms with Gasteiger partial charge in [-0.2, -0.15) is 8.75 Å². The molecule has 1 aliphatic rings. The van der Waals surface area contributed by atoms with Crippen molar-refractivity contribution in [1.29, 1.82) is 0 Å². The maximum Gasteiger partial charge on any atom is 0.342 e. The molecule has 0 spiro atoms. The van der Waals surface area contributed by atoms with Crippen LogP contribution in [0.1, 0.15) is 43.0 Å². The minimum Gasteiger partial charge on any atom is -0.497 e. The van der Waals surface area contributed by atoms with Crippen molar-refractivity contribution in [3.8, 4) is 5.75 Å². The first-order valence-electron chi connectivity index (χ1n) is 11.3. The van der Waals surface area contributed by atoms with Crippen LogP contribution in [0.3, 0.4) is 0 Å². The second-order valence-corrected chi connectivity index (χ2v) is 10.2. The number of hydrogen-bond acceptors (Lipinski definition) is 7. The van der Waals surface area contributed by atoms with E-state index in [0.717, 1.165) is 22.8 Å². The number of benzene rings is 3. The normalized spacial score (nSPS) is 18.3. The number of carbonyl (C=O) groups excluding carboxylic acids is 1. The molecule has 0 bridgehead atoms. The average Bonchev–Trinajstić information content (AvgIpc) is 3.40. The van der Waals surface area contributed by atoms with Gasteiger partial charge in [0.1, 0.15) is 16.8 Å². The topological polar surface area (TPSA) is 81.5 Å². The Morgan fingerprint density at radius 3 is 2.31 bits per heavy atom. The van der Waals surface area contributed by atoms with Crippen molar-refractivity contribution in [3.05, 3.63) is 94.6 Å². The first kappa shape index (κ1) is 23.2. The van der Waals surface area contributed by atoms with Crippen LogP contribution in [0.25, 0.3) is 16.6 Å². The van der Waals surface area contributed by atoms with Gasteiger partial charge in [-0.15, -0.1) is 0 Å². The number of methoxy groups -OCH3 is 1. The fourth-order valence-corrected chi connectivity index (χ4v) is 4.87. The van der Waals surface area contributed by atoms with Crippen LogP contribution in [0.4, 0.5) is 0 Å². The van der Waals surface area contributed by atoms with Crippen LogP contribution in [-0.4, -0.2) is 26.9 Å². The quantitative estimate of drug-likeness (QED) is 0.381. The number of hydrogen-bond donors (Lipinski definition) is 1. The Bertz CT molecular complexity index is 1430. The lowest BCUT2D eigenvalue weighted by Crippen LogP contribution is -2.29. The second-order valence-electron chi connectivity index (χ2n) is 9.71. The minimum absolute atomic E-state index is 0.0240. The highest BCUT2D eigenvalue weighted by atomic mass is 32.1. The molecule has 35 heavy (non-hydrogen) atoms. The maximum atomic E-state index is 13.2. The molecular weight excluding hydrogens is 460 g/mol. The van der Waals surface area contributed by atoms with E-state index in [-0.39, 0.29) is 5.41 Å². The molecule has 0 amide bonds. The number of carbonyl (C=O) groups is 1. The van der Waals surface area contributed by atoms with Crippen molar-refractivity contribution in [2.75, 3.05) is 7.11 Å². The second kappa shape index (κ2) is 8.59. The van der Waals surface area contributed by atoms with Gasteiger partial charge in [0.2, 0.25) is 0 Å². The monoisotopic (exact) mass is 486 g/mol. The summed E-state index contributed by atoms with van der Waals surface area (Å²) < 4.78 is 19.5. The van der Waals surface area contributed by atoms with E-state index in [4.69, 9.17) is 9.47 Å². The molecule has 3 aromatic carbocycles. The summed E-state index contributed by atoms with van der Waals surface area (Å²) in [4.78, 5) is 13.2. The van der Waals surface area contributed by atoms with Crippen LogP contribution in [0.5, 0.6) is 5.75 Å². The lowest BCUT2D eigenvalue weighted by Gasteiger charge is -2.26. The zero-order valence-electron chi connectivity index (χ0n) is 20.0. The molecule has 6 nitrogen and oxygen atoms in total. The molecular formula is C28H26N2O4S. The summed E-state index contributed by atoms with van der Waals surface area (Å²) >= 11 is 1.12. The lowest BCUT2D eigenvalue weighted by molar-refractivity contribution is -0.185. The van der Waals surface area contributed by atoms with Crippen molar-refractivity contribution in [1.82, 2.24) is 8.75 Å². The Morgan fingerprint density at radius 2 is 1.66 bits per heavy atom. The molecule has 1 N–H and O–H groups in total. The number of rotatable bonds is 5. The van der Waals surface area contributed by atoms with Crippen LogP contribution in [0.2, 0.25) is 0 Å². The highest BCUT2D eigenvalue weighted by Crippen LogP contribution is 2.45. The molecule has 4 aromatic rings. The third kappa shape index (κ3) is 4.22. The predicted molar refractivity (Wildman–Crippen MR) is 136 cm³/mol. The molecule has 178 valence electrons. The van der Waals surface area contributed by atoms with Gasteiger partial charge in [0, 0.05) is 17.6 Å². The summed E-state index contributed by atoms with van der Waals surface area (Å²) in [7, 11) is 1.58. The Labute approximate surface area is 208 Å². The van der Waals surface area contributed by atoms with E-state index in [0.29, 0.717) is 40.0 Å². The van der Waals surface area contributed by atoms with E-state index < -0.39 is 11.8 Å². The van der Waals surface area contributed by atoms with E-state index in [9.17, 15) is 9.90 Å². The van der Waals surface area contributed by atoms with Crippen molar-refractivity contribution in [2.45, 2.75) is 38.4 Å². The first-order chi connectivity index (χ1) is 16.7. The fraction of sp³-hybridized carbons (Fsp3) is 0.250. The minimum atomic E-state index is -1.91. The number of cyclic esters (lactones) is 1. The van der Waals surface area contributed by atoms with E-state index in [1.807, 2.05) is 30.3 Å². The molecule has 1 aliphatic heterocycles. The van der Waals surface area contributed by atoms with Crippen LogP contribution >= 0.6 is 11.7 Å². The van der Waals surface area contributed by atoms with Crippen LogP contribution in [0.15, 0.2) is 72.3 Å². The van der Waals surface area contributed by atoms with Gasteiger partial charge < -0.3 is 14.6 Å². The third-order valence-corrected chi connectivity index (χ3v) is 6.94. The van der Waals surface area contributed by atoms with Gasteiger partial charge in [-0.05, 0) is 58.5 Å². The van der Waals surface area contributed by atoms with Crippen LogP contribution in [-0.2, 0) is 27.2 Å². The smallest absolute Gasteiger partial charge is 0.342 e. The summed E-state index contributed by atoms with van der Waals surface area (Å²) in [6.45, 7) is 6.49. The molecule has 0 fully saturated rings. The SMILES string of the molecule is COc1ccc(C2(O)OC(=O)C(c3ccc4nsnc4c3)=C2Cc2ccc(C(C)(C)C)cc2)cc1. The van der Waals surface area contributed by atoms with Gasteiger partial charge in [-0.25, -0.2) is 4.79 Å². The number of esters is 1. The lowest BCUT2D eigenvalue weighted by atomic mass is 9.84. The zero-order valence-corrected chi connectivity index (χ0v) is 20.8. The predicted octanol–water partition coefficient (Wildman–Crippen LogP) is 5.40. The van der Waals surface area contributed by atoms with E-state index in [2.05, 4.69) is 41.7 Å². The molecule has 1 unspecified atom stereocenters. The molecule has 7 heteroatoms. The van der Waals surface area contributed by atoms with Crippen LogP contribution < -0.4 is 4.74 Å². The van der Waals surface area contributed by atoms with Gasteiger partial charge >= 0.3 is 5.97 Å². The Balaban J connectivity index is 1.65. The third-order valence-electron chi connectivity index (χ3n) is 6.38. The fourth-order valence-electron chi connectivity index (χ4n) is 4.35. The van der Waals surface area contributed by atoms with Crippen molar-refractivity contribution in [3.63, 3.8) is 0 Å². The largest absolute Gasteiger partial charge is 0.497 e. The van der Waals surface area contributed by atoms with Crippen molar-refractivity contribution in [2.24, 2.45) is 0 Å². The Morgan fingerprint density at radius 1 is 0.971 bits per heavy atom.